The van der Waals surface area contributed by atoms with Crippen molar-refractivity contribution in [2.45, 2.75) is 18.5 Å². The molecule has 0 bridgehead atoms. The molecule has 0 spiro atoms. The number of fused-ring (bicyclic) bond motifs is 2. The van der Waals surface area contributed by atoms with Crippen LogP contribution in [0.15, 0.2) is 42.5 Å². The van der Waals surface area contributed by atoms with Gasteiger partial charge in [-0.05, 0) is 19.6 Å². The first-order valence-corrected chi connectivity index (χ1v) is 9.12. The van der Waals surface area contributed by atoms with Gasteiger partial charge in [0.05, 0.1) is 18.9 Å². The van der Waals surface area contributed by atoms with Gasteiger partial charge in [0.1, 0.15) is 17.4 Å². The largest absolute Gasteiger partial charge is 0.368 e. The molecule has 0 unspecified atom stereocenters. The zero-order chi connectivity index (χ0) is 18.4. The lowest BCUT2D eigenvalue weighted by Gasteiger charge is -2.07. The minimum Gasteiger partial charge on any atom is -0.368 e. The zero-order valence-electron chi connectivity index (χ0n) is 14.5. The molecule has 0 fully saturated rings. The van der Waals surface area contributed by atoms with Gasteiger partial charge in [-0.2, -0.15) is 0 Å². The van der Waals surface area contributed by atoms with Crippen LogP contribution in [-0.2, 0) is 0 Å². The third-order valence-electron chi connectivity index (χ3n) is 3.39. The molecule has 134 valence electrons. The maximum absolute atomic E-state index is 4.43. The average molecular weight is 369 g/mol. The highest BCUT2D eigenvalue weighted by molar-refractivity contribution is 7.98. The minimum atomic E-state index is 0.696. The number of hydrogen-bond acceptors (Lipinski definition) is 8. The molecular weight excluding hydrogens is 350 g/mol. The third-order valence-corrected chi connectivity index (χ3v) is 3.94. The summed E-state index contributed by atoms with van der Waals surface area (Å²) >= 11 is 1.51. The number of rotatable bonds is 5. The molecule has 0 saturated heterocycles. The number of hydrogen-bond donors (Lipinski definition) is 3. The summed E-state index contributed by atoms with van der Waals surface area (Å²) < 4.78 is 0. The number of H-pyrrole nitrogens is 2. The standard InChI is InChI=1S/C11H15N5S.C5H4N4/c1-7(2)4-5-12-9-8-10(14-6-13-8)16-11(15-9)17-3;1-4-5(8-2-6-1)9-3-7-4/h6H,1,4-5H2,2-3H3,(H2,12,13,14,15,16);1-3H,(H,6,7,8,9). The summed E-state index contributed by atoms with van der Waals surface area (Å²) in [4.78, 5) is 30.4. The Labute approximate surface area is 154 Å². The van der Waals surface area contributed by atoms with Gasteiger partial charge in [-0.25, -0.2) is 29.9 Å². The van der Waals surface area contributed by atoms with E-state index in [0.717, 1.165) is 40.5 Å². The highest BCUT2D eigenvalue weighted by Crippen LogP contribution is 2.20. The second kappa shape index (κ2) is 8.39. The van der Waals surface area contributed by atoms with Crippen LogP contribution in [0.2, 0.25) is 0 Å². The van der Waals surface area contributed by atoms with Crippen molar-refractivity contribution in [3.8, 4) is 0 Å². The van der Waals surface area contributed by atoms with Crippen LogP contribution in [0.25, 0.3) is 22.3 Å². The molecule has 0 radical (unpaired) electrons. The number of nitrogens with one attached hydrogen (secondary N) is 3. The molecule has 3 N–H and O–H groups in total. The molecule has 4 aromatic heterocycles. The third kappa shape index (κ3) is 4.33. The van der Waals surface area contributed by atoms with E-state index in [1.165, 1.54) is 18.1 Å². The fourth-order valence-corrected chi connectivity index (χ4v) is 2.48. The fraction of sp³-hybridized carbons (Fsp3) is 0.250. The van der Waals surface area contributed by atoms with Gasteiger partial charge < -0.3 is 15.3 Å². The molecule has 4 heterocycles. The Morgan fingerprint density at radius 3 is 2.73 bits per heavy atom. The lowest BCUT2D eigenvalue weighted by atomic mass is 10.2. The minimum absolute atomic E-state index is 0.696. The van der Waals surface area contributed by atoms with Gasteiger partial charge >= 0.3 is 0 Å². The number of aromatic amines is 2. The van der Waals surface area contributed by atoms with Crippen LogP contribution < -0.4 is 5.32 Å². The summed E-state index contributed by atoms with van der Waals surface area (Å²) in [5, 5.41) is 4.01. The summed E-state index contributed by atoms with van der Waals surface area (Å²) in [5.74, 6) is 0.804. The molecule has 0 amide bonds. The molecule has 0 aliphatic heterocycles. The van der Waals surface area contributed by atoms with E-state index in [0.29, 0.717) is 11.3 Å². The van der Waals surface area contributed by atoms with Crippen LogP contribution >= 0.6 is 11.8 Å². The lowest BCUT2D eigenvalue weighted by molar-refractivity contribution is 0.953. The molecule has 0 aliphatic rings. The van der Waals surface area contributed by atoms with Crippen molar-refractivity contribution in [3.63, 3.8) is 0 Å². The van der Waals surface area contributed by atoms with Crippen molar-refractivity contribution in [2.24, 2.45) is 0 Å². The number of nitrogens with zero attached hydrogens (tertiary/aromatic N) is 6. The molecule has 26 heavy (non-hydrogen) atoms. The summed E-state index contributed by atoms with van der Waals surface area (Å²) in [6.45, 7) is 6.70. The fourth-order valence-electron chi connectivity index (χ4n) is 2.12. The van der Waals surface area contributed by atoms with Crippen LogP contribution in [0.3, 0.4) is 0 Å². The van der Waals surface area contributed by atoms with E-state index < -0.39 is 0 Å². The van der Waals surface area contributed by atoms with Gasteiger partial charge in [-0.15, -0.1) is 6.58 Å². The molecule has 4 aromatic rings. The van der Waals surface area contributed by atoms with E-state index in [-0.39, 0.29) is 0 Å². The van der Waals surface area contributed by atoms with E-state index in [9.17, 15) is 0 Å². The number of anilines is 1. The van der Waals surface area contributed by atoms with Crippen LogP contribution in [0, 0.1) is 0 Å². The highest BCUT2D eigenvalue weighted by atomic mass is 32.2. The Bertz CT molecular complexity index is 977. The molecule has 9 nitrogen and oxygen atoms in total. The topological polar surface area (TPSA) is 121 Å². The summed E-state index contributed by atoms with van der Waals surface area (Å²) in [6.07, 6.45) is 9.27. The Morgan fingerprint density at radius 2 is 1.96 bits per heavy atom. The molecular formula is C16H19N9S. The second-order valence-corrected chi connectivity index (χ2v) is 6.23. The van der Waals surface area contributed by atoms with Gasteiger partial charge in [-0.3, -0.25) is 0 Å². The molecule has 4 rings (SSSR count). The predicted octanol–water partition coefficient (Wildman–Crippen LogP) is 2.81. The summed E-state index contributed by atoms with van der Waals surface area (Å²) in [6, 6.07) is 0. The monoisotopic (exact) mass is 369 g/mol. The second-order valence-electron chi connectivity index (χ2n) is 5.46. The van der Waals surface area contributed by atoms with Gasteiger partial charge in [0.15, 0.2) is 22.3 Å². The number of imidazole rings is 2. The van der Waals surface area contributed by atoms with Crippen molar-refractivity contribution in [1.82, 2.24) is 39.9 Å². The first kappa shape index (κ1) is 17.8. The lowest BCUT2D eigenvalue weighted by Crippen LogP contribution is -2.05. The van der Waals surface area contributed by atoms with Gasteiger partial charge in [0.2, 0.25) is 0 Å². The predicted molar refractivity (Wildman–Crippen MR) is 103 cm³/mol. The molecule has 0 saturated carbocycles. The van der Waals surface area contributed by atoms with E-state index in [4.69, 9.17) is 0 Å². The maximum Gasteiger partial charge on any atom is 0.191 e. The Hall–Kier alpha value is -3.01. The van der Waals surface area contributed by atoms with E-state index >= 15 is 0 Å². The van der Waals surface area contributed by atoms with Gasteiger partial charge in [0.25, 0.3) is 0 Å². The Kier molecular flexibility index (Phi) is 5.74. The van der Waals surface area contributed by atoms with Crippen molar-refractivity contribution in [1.29, 1.82) is 0 Å². The summed E-state index contributed by atoms with van der Waals surface area (Å²) in [7, 11) is 0. The van der Waals surface area contributed by atoms with E-state index in [1.54, 1.807) is 18.9 Å². The average Bonchev–Trinajstić information content (AvgIpc) is 3.30. The highest BCUT2D eigenvalue weighted by Gasteiger charge is 2.08. The Balaban J connectivity index is 0.000000181. The Morgan fingerprint density at radius 1 is 1.15 bits per heavy atom. The summed E-state index contributed by atoms with van der Waals surface area (Å²) in [5.41, 5.74) is 4.28. The SMILES string of the molecule is C=C(C)CCNc1nc(SC)nc2nc[nH]c12.c1ncc2[nH]cnc2n1. The maximum atomic E-state index is 4.43. The molecule has 0 aromatic carbocycles. The van der Waals surface area contributed by atoms with Crippen molar-refractivity contribution >= 4 is 39.9 Å². The normalized spacial score (nSPS) is 10.5. The van der Waals surface area contributed by atoms with E-state index in [2.05, 4.69) is 51.8 Å². The van der Waals surface area contributed by atoms with Crippen molar-refractivity contribution in [3.05, 3.63) is 37.3 Å². The zero-order valence-corrected chi connectivity index (χ0v) is 15.3. The first-order chi connectivity index (χ1) is 12.7. The number of aromatic nitrogens is 8. The van der Waals surface area contributed by atoms with Gasteiger partial charge in [0, 0.05) is 6.54 Å². The molecule has 0 atom stereocenters. The molecule has 10 heteroatoms. The van der Waals surface area contributed by atoms with Crippen molar-refractivity contribution < 1.29 is 0 Å². The van der Waals surface area contributed by atoms with Crippen LogP contribution in [0.4, 0.5) is 5.82 Å². The van der Waals surface area contributed by atoms with Crippen LogP contribution in [-0.4, -0.2) is 52.7 Å². The number of thioether (sulfide) groups is 1. The van der Waals surface area contributed by atoms with Crippen LogP contribution in [0.5, 0.6) is 0 Å². The van der Waals surface area contributed by atoms with Crippen LogP contribution in [0.1, 0.15) is 13.3 Å². The first-order valence-electron chi connectivity index (χ1n) is 7.90. The van der Waals surface area contributed by atoms with E-state index in [1.807, 2.05) is 13.2 Å². The smallest absolute Gasteiger partial charge is 0.191 e. The molecule has 0 aliphatic carbocycles. The van der Waals surface area contributed by atoms with Crippen molar-refractivity contribution in [2.75, 3.05) is 18.1 Å². The quantitative estimate of drug-likeness (QED) is 0.279. The van der Waals surface area contributed by atoms with Gasteiger partial charge in [-0.1, -0.05) is 17.3 Å².